The Kier molecular flexibility index (Phi) is 7.16. The van der Waals surface area contributed by atoms with E-state index in [2.05, 4.69) is 31.4 Å². The molecule has 72 valence electrons. The minimum absolute atomic E-state index is 0.427. The molecule has 0 saturated carbocycles. The zero-order valence-electron chi connectivity index (χ0n) is 8.31. The second-order valence-electron chi connectivity index (χ2n) is 3.26. The molecule has 0 heterocycles. The van der Waals surface area contributed by atoms with Gasteiger partial charge >= 0.3 is 0 Å². The van der Waals surface area contributed by atoms with Gasteiger partial charge in [-0.05, 0) is 32.5 Å². The van der Waals surface area contributed by atoms with Crippen LogP contribution in [-0.2, 0) is 0 Å². The quantitative estimate of drug-likeness (QED) is 0.510. The van der Waals surface area contributed by atoms with E-state index in [1.165, 1.54) is 19.3 Å². The number of nitrogens with one attached hydrogen (secondary N) is 2. The highest BCUT2D eigenvalue weighted by molar-refractivity contribution is 7.80. The lowest BCUT2D eigenvalue weighted by atomic mass is 10.2. The van der Waals surface area contributed by atoms with Gasteiger partial charge in [0, 0.05) is 12.6 Å². The summed E-state index contributed by atoms with van der Waals surface area (Å²) in [5.41, 5.74) is 0. The first kappa shape index (κ1) is 11.7. The number of hydrogen-bond acceptors (Lipinski definition) is 1. The third kappa shape index (κ3) is 7.79. The predicted molar refractivity (Wildman–Crippen MR) is 58.4 cm³/mol. The Morgan fingerprint density at radius 1 is 1.33 bits per heavy atom. The highest BCUT2D eigenvalue weighted by Gasteiger charge is 1.95. The SMILES string of the molecule is CCCCCNC(=S)NC(C)C. The van der Waals surface area contributed by atoms with Gasteiger partial charge in [0.05, 0.1) is 0 Å². The van der Waals surface area contributed by atoms with Crippen molar-refractivity contribution in [3.63, 3.8) is 0 Å². The van der Waals surface area contributed by atoms with Crippen molar-refractivity contribution in [1.82, 2.24) is 10.6 Å². The first-order chi connectivity index (χ1) is 5.66. The standard InChI is InChI=1S/C9H20N2S/c1-4-5-6-7-10-9(12)11-8(2)3/h8H,4-7H2,1-3H3,(H2,10,11,12). The zero-order valence-corrected chi connectivity index (χ0v) is 9.13. The Morgan fingerprint density at radius 2 is 2.00 bits per heavy atom. The third-order valence-electron chi connectivity index (χ3n) is 1.49. The highest BCUT2D eigenvalue weighted by Crippen LogP contribution is 1.90. The van der Waals surface area contributed by atoms with E-state index >= 15 is 0 Å². The van der Waals surface area contributed by atoms with Gasteiger partial charge in [0.25, 0.3) is 0 Å². The summed E-state index contributed by atoms with van der Waals surface area (Å²) in [5.74, 6) is 0. The maximum atomic E-state index is 5.06. The fourth-order valence-corrected chi connectivity index (χ4v) is 1.23. The Labute approximate surface area is 81.1 Å². The maximum absolute atomic E-state index is 5.06. The fraction of sp³-hybridized carbons (Fsp3) is 0.889. The summed E-state index contributed by atoms with van der Waals surface area (Å²) >= 11 is 5.06. The van der Waals surface area contributed by atoms with Gasteiger partial charge in [0.2, 0.25) is 0 Å². The van der Waals surface area contributed by atoms with Gasteiger partial charge in [-0.2, -0.15) is 0 Å². The van der Waals surface area contributed by atoms with E-state index in [1.807, 2.05) is 0 Å². The van der Waals surface area contributed by atoms with Crippen LogP contribution in [0.2, 0.25) is 0 Å². The van der Waals surface area contributed by atoms with Crippen LogP contribution in [0.3, 0.4) is 0 Å². The van der Waals surface area contributed by atoms with E-state index in [0.29, 0.717) is 6.04 Å². The molecule has 0 amide bonds. The molecule has 0 saturated heterocycles. The number of hydrogen-bond donors (Lipinski definition) is 2. The first-order valence-electron chi connectivity index (χ1n) is 4.71. The number of thiocarbonyl (C=S) groups is 1. The topological polar surface area (TPSA) is 24.1 Å². The molecule has 0 spiro atoms. The molecule has 2 nitrogen and oxygen atoms in total. The zero-order chi connectivity index (χ0) is 9.40. The van der Waals surface area contributed by atoms with Gasteiger partial charge in [-0.25, -0.2) is 0 Å². The van der Waals surface area contributed by atoms with Gasteiger partial charge in [-0.1, -0.05) is 19.8 Å². The maximum Gasteiger partial charge on any atom is 0.166 e. The number of rotatable bonds is 5. The Bertz CT molecular complexity index is 124. The van der Waals surface area contributed by atoms with Crippen LogP contribution in [0.15, 0.2) is 0 Å². The summed E-state index contributed by atoms with van der Waals surface area (Å²) in [6.07, 6.45) is 3.74. The lowest BCUT2D eigenvalue weighted by Gasteiger charge is -2.12. The predicted octanol–water partition coefficient (Wildman–Crippen LogP) is 2.05. The van der Waals surface area contributed by atoms with Crippen LogP contribution in [0.4, 0.5) is 0 Å². The van der Waals surface area contributed by atoms with Crippen molar-refractivity contribution in [3.05, 3.63) is 0 Å². The molecule has 0 bridgehead atoms. The average Bonchev–Trinajstić information content (AvgIpc) is 1.97. The van der Waals surface area contributed by atoms with E-state index in [-0.39, 0.29) is 0 Å². The van der Waals surface area contributed by atoms with Gasteiger partial charge in [0.1, 0.15) is 0 Å². The third-order valence-corrected chi connectivity index (χ3v) is 1.75. The molecular weight excluding hydrogens is 168 g/mol. The van der Waals surface area contributed by atoms with Crippen LogP contribution in [0.1, 0.15) is 40.0 Å². The summed E-state index contributed by atoms with van der Waals surface area (Å²) in [7, 11) is 0. The average molecular weight is 188 g/mol. The van der Waals surface area contributed by atoms with Gasteiger partial charge in [-0.3, -0.25) is 0 Å². The number of unbranched alkanes of at least 4 members (excludes halogenated alkanes) is 2. The molecule has 0 radical (unpaired) electrons. The summed E-state index contributed by atoms with van der Waals surface area (Å²) in [6, 6.07) is 0.427. The van der Waals surface area contributed by atoms with Crippen molar-refractivity contribution in [2.24, 2.45) is 0 Å². The van der Waals surface area contributed by atoms with Crippen molar-refractivity contribution in [3.8, 4) is 0 Å². The lowest BCUT2D eigenvalue weighted by molar-refractivity contribution is 0.670. The molecule has 0 aliphatic heterocycles. The Hall–Kier alpha value is -0.310. The van der Waals surface area contributed by atoms with Crippen LogP contribution in [0.25, 0.3) is 0 Å². The van der Waals surface area contributed by atoms with Gasteiger partial charge < -0.3 is 10.6 Å². The van der Waals surface area contributed by atoms with Gasteiger partial charge in [0.15, 0.2) is 5.11 Å². The molecule has 0 unspecified atom stereocenters. The van der Waals surface area contributed by atoms with Crippen LogP contribution in [0, 0.1) is 0 Å². The van der Waals surface area contributed by atoms with Crippen molar-refractivity contribution >= 4 is 17.3 Å². The summed E-state index contributed by atoms with van der Waals surface area (Å²) in [5, 5.41) is 7.09. The molecule has 0 rings (SSSR count). The van der Waals surface area contributed by atoms with Crippen LogP contribution < -0.4 is 10.6 Å². The largest absolute Gasteiger partial charge is 0.363 e. The molecule has 2 N–H and O–H groups in total. The molecule has 0 aromatic carbocycles. The highest BCUT2D eigenvalue weighted by atomic mass is 32.1. The molecule has 0 aliphatic carbocycles. The fourth-order valence-electron chi connectivity index (χ4n) is 0.890. The molecule has 0 atom stereocenters. The normalized spacial score (nSPS) is 10.0. The van der Waals surface area contributed by atoms with Crippen LogP contribution >= 0.6 is 12.2 Å². The van der Waals surface area contributed by atoms with Crippen molar-refractivity contribution < 1.29 is 0 Å². The molecule has 0 fully saturated rings. The Morgan fingerprint density at radius 3 is 2.50 bits per heavy atom. The minimum Gasteiger partial charge on any atom is -0.363 e. The minimum atomic E-state index is 0.427. The van der Waals surface area contributed by atoms with E-state index < -0.39 is 0 Å². The molecular formula is C9H20N2S. The molecule has 0 aromatic rings. The summed E-state index contributed by atoms with van der Waals surface area (Å²) in [4.78, 5) is 0. The van der Waals surface area contributed by atoms with Crippen LogP contribution in [0.5, 0.6) is 0 Å². The van der Waals surface area contributed by atoms with Crippen molar-refractivity contribution in [1.29, 1.82) is 0 Å². The van der Waals surface area contributed by atoms with E-state index in [0.717, 1.165) is 11.7 Å². The summed E-state index contributed by atoms with van der Waals surface area (Å²) < 4.78 is 0. The van der Waals surface area contributed by atoms with Crippen LogP contribution in [-0.4, -0.2) is 17.7 Å². The van der Waals surface area contributed by atoms with Gasteiger partial charge in [-0.15, -0.1) is 0 Å². The van der Waals surface area contributed by atoms with E-state index in [9.17, 15) is 0 Å². The van der Waals surface area contributed by atoms with Crippen molar-refractivity contribution in [2.75, 3.05) is 6.54 Å². The second kappa shape index (κ2) is 7.35. The summed E-state index contributed by atoms with van der Waals surface area (Å²) in [6.45, 7) is 7.36. The monoisotopic (exact) mass is 188 g/mol. The lowest BCUT2D eigenvalue weighted by Crippen LogP contribution is -2.39. The second-order valence-corrected chi connectivity index (χ2v) is 3.67. The smallest absolute Gasteiger partial charge is 0.166 e. The first-order valence-corrected chi connectivity index (χ1v) is 5.12. The molecule has 3 heteroatoms. The molecule has 12 heavy (non-hydrogen) atoms. The Balaban J connectivity index is 3.20. The molecule has 0 aliphatic rings. The van der Waals surface area contributed by atoms with Crippen molar-refractivity contribution in [2.45, 2.75) is 46.1 Å². The van der Waals surface area contributed by atoms with E-state index in [4.69, 9.17) is 12.2 Å². The van der Waals surface area contributed by atoms with E-state index in [1.54, 1.807) is 0 Å². The molecule has 0 aromatic heterocycles.